The predicted octanol–water partition coefficient (Wildman–Crippen LogP) is 3.12. The van der Waals surface area contributed by atoms with Crippen LogP contribution in [0.2, 0.25) is 0 Å². The van der Waals surface area contributed by atoms with Crippen molar-refractivity contribution in [1.82, 2.24) is 10.2 Å². The zero-order valence-electron chi connectivity index (χ0n) is 19.0. The van der Waals surface area contributed by atoms with Gasteiger partial charge in [0.1, 0.15) is 17.3 Å². The molecule has 2 saturated carbocycles. The number of hydrogen-bond acceptors (Lipinski definition) is 4. The summed E-state index contributed by atoms with van der Waals surface area (Å²) in [7, 11) is -1.71. The van der Waals surface area contributed by atoms with Crippen LogP contribution in [0.5, 0.6) is 0 Å². The Labute approximate surface area is 197 Å². The fraction of sp³-hybridized carbons (Fsp3) is 0.625. The first-order valence-corrected chi connectivity index (χ1v) is 13.4. The first-order valence-electron chi connectivity index (χ1n) is 11.9. The van der Waals surface area contributed by atoms with Gasteiger partial charge in [-0.25, -0.2) is 4.39 Å². The van der Waals surface area contributed by atoms with Gasteiger partial charge in [0.2, 0.25) is 17.7 Å². The van der Waals surface area contributed by atoms with E-state index in [-0.39, 0.29) is 41.9 Å². The standard InChI is InChI=1S/C24H34FN3O4S/c25-18-11-13-20(14-12-18)27-23(30)16-33(32)17-24(31)28(21-9-5-2-6-10-21)15-22(29)26-19-7-3-1-4-8-19/h11-14,19,21H,1-10,15-17H2,(H,26,29)(H,27,30)/t33-/m1/s1. The Morgan fingerprint density at radius 3 is 2.12 bits per heavy atom. The van der Waals surface area contributed by atoms with Crippen molar-refractivity contribution in [2.24, 2.45) is 0 Å². The van der Waals surface area contributed by atoms with E-state index in [0.717, 1.165) is 57.8 Å². The molecule has 3 amide bonds. The molecule has 7 nitrogen and oxygen atoms in total. The van der Waals surface area contributed by atoms with Crippen molar-refractivity contribution in [2.75, 3.05) is 23.4 Å². The van der Waals surface area contributed by atoms with E-state index in [4.69, 9.17) is 0 Å². The van der Waals surface area contributed by atoms with E-state index >= 15 is 0 Å². The second-order valence-corrected chi connectivity index (χ2v) is 10.5. The molecule has 0 aliphatic heterocycles. The van der Waals surface area contributed by atoms with Crippen LogP contribution in [-0.2, 0) is 25.2 Å². The molecular weight excluding hydrogens is 445 g/mol. The third-order valence-corrected chi connectivity index (χ3v) is 7.48. The Kier molecular flexibility index (Phi) is 9.84. The Balaban J connectivity index is 1.54. The van der Waals surface area contributed by atoms with Crippen molar-refractivity contribution in [3.05, 3.63) is 30.1 Å². The van der Waals surface area contributed by atoms with Crippen LogP contribution in [0.15, 0.2) is 24.3 Å². The number of rotatable bonds is 9. The van der Waals surface area contributed by atoms with Crippen LogP contribution in [0, 0.1) is 5.82 Å². The molecule has 1 aromatic carbocycles. The van der Waals surface area contributed by atoms with Gasteiger partial charge in [-0.1, -0.05) is 38.5 Å². The highest BCUT2D eigenvalue weighted by molar-refractivity contribution is 7.86. The zero-order valence-corrected chi connectivity index (χ0v) is 19.8. The lowest BCUT2D eigenvalue weighted by Gasteiger charge is -2.34. The fourth-order valence-corrected chi connectivity index (χ4v) is 5.54. The Hall–Kier alpha value is -2.29. The van der Waals surface area contributed by atoms with Crippen LogP contribution in [0.1, 0.15) is 64.2 Å². The molecule has 0 heterocycles. The molecule has 2 N–H and O–H groups in total. The molecule has 1 atom stereocenters. The Bertz CT molecular complexity index is 837. The van der Waals surface area contributed by atoms with Crippen LogP contribution in [0.3, 0.4) is 0 Å². The van der Waals surface area contributed by atoms with E-state index in [1.54, 1.807) is 4.90 Å². The lowest BCUT2D eigenvalue weighted by molar-refractivity contribution is -0.137. The second-order valence-electron chi connectivity index (χ2n) is 9.00. The summed E-state index contributed by atoms with van der Waals surface area (Å²) in [5, 5.41) is 5.62. The van der Waals surface area contributed by atoms with Crippen LogP contribution < -0.4 is 10.6 Å². The fourth-order valence-electron chi connectivity index (χ4n) is 4.64. The molecule has 182 valence electrons. The number of carbonyl (C=O) groups excluding carboxylic acids is 3. The lowest BCUT2D eigenvalue weighted by Crippen LogP contribution is -2.50. The number of halogens is 1. The number of carbonyl (C=O) groups is 3. The molecule has 2 aliphatic rings. The van der Waals surface area contributed by atoms with Gasteiger partial charge in [-0.2, -0.15) is 0 Å². The average Bonchev–Trinajstić information content (AvgIpc) is 2.80. The van der Waals surface area contributed by atoms with Crippen molar-refractivity contribution in [1.29, 1.82) is 0 Å². The molecule has 2 aliphatic carbocycles. The first kappa shape index (κ1) is 25.3. The number of nitrogens with one attached hydrogen (secondary N) is 2. The van der Waals surface area contributed by atoms with Gasteiger partial charge in [0.05, 0.1) is 6.54 Å². The Morgan fingerprint density at radius 1 is 0.879 bits per heavy atom. The second kappa shape index (κ2) is 12.8. The summed E-state index contributed by atoms with van der Waals surface area (Å²) < 4.78 is 25.5. The average molecular weight is 480 g/mol. The highest BCUT2D eigenvalue weighted by Crippen LogP contribution is 2.23. The summed E-state index contributed by atoms with van der Waals surface area (Å²) in [6, 6.07) is 5.40. The van der Waals surface area contributed by atoms with Crippen LogP contribution in [0.4, 0.5) is 10.1 Å². The summed E-state index contributed by atoms with van der Waals surface area (Å²) in [6.45, 7) is -0.0288. The number of hydrogen-bond donors (Lipinski definition) is 2. The Morgan fingerprint density at radius 2 is 1.48 bits per heavy atom. The van der Waals surface area contributed by atoms with Gasteiger partial charge in [0, 0.05) is 28.6 Å². The van der Waals surface area contributed by atoms with Gasteiger partial charge >= 0.3 is 0 Å². The molecule has 9 heteroatoms. The molecule has 0 bridgehead atoms. The number of anilines is 1. The molecule has 0 spiro atoms. The third-order valence-electron chi connectivity index (χ3n) is 6.32. The van der Waals surface area contributed by atoms with Gasteiger partial charge in [-0.05, 0) is 49.9 Å². The maximum Gasteiger partial charge on any atom is 0.239 e. The summed E-state index contributed by atoms with van der Waals surface area (Å²) in [4.78, 5) is 39.5. The van der Waals surface area contributed by atoms with Gasteiger partial charge < -0.3 is 15.5 Å². The number of nitrogens with zero attached hydrogens (tertiary/aromatic N) is 1. The van der Waals surface area contributed by atoms with E-state index in [1.165, 1.54) is 30.7 Å². The SMILES string of the molecule is O=C(C[S@@](=O)CC(=O)N(CC(=O)NC1CCCCC1)C1CCCCC1)Nc1ccc(F)cc1. The van der Waals surface area contributed by atoms with Crippen molar-refractivity contribution >= 4 is 34.2 Å². The number of amides is 3. The minimum atomic E-state index is -1.71. The topological polar surface area (TPSA) is 95.6 Å². The quantitative estimate of drug-likeness (QED) is 0.569. The maximum atomic E-state index is 13.0. The van der Waals surface area contributed by atoms with Gasteiger partial charge in [-0.15, -0.1) is 0 Å². The van der Waals surface area contributed by atoms with Crippen LogP contribution >= 0.6 is 0 Å². The van der Waals surface area contributed by atoms with E-state index in [9.17, 15) is 23.0 Å². The monoisotopic (exact) mass is 479 g/mol. The van der Waals surface area contributed by atoms with Crippen molar-refractivity contribution < 1.29 is 23.0 Å². The summed E-state index contributed by atoms with van der Waals surface area (Å²) in [5.74, 6) is -2.08. The molecule has 2 fully saturated rings. The largest absolute Gasteiger partial charge is 0.352 e. The minimum absolute atomic E-state index is 0.0288. The minimum Gasteiger partial charge on any atom is -0.352 e. The highest BCUT2D eigenvalue weighted by atomic mass is 32.2. The first-order chi connectivity index (χ1) is 15.9. The number of benzene rings is 1. The molecule has 1 aromatic rings. The summed E-state index contributed by atoms with van der Waals surface area (Å²) in [5.41, 5.74) is 0.396. The van der Waals surface area contributed by atoms with Gasteiger partial charge in [0.15, 0.2) is 0 Å². The maximum absolute atomic E-state index is 13.0. The van der Waals surface area contributed by atoms with Crippen molar-refractivity contribution in [2.45, 2.75) is 76.3 Å². The molecule has 0 aromatic heterocycles. The smallest absolute Gasteiger partial charge is 0.239 e. The zero-order chi connectivity index (χ0) is 23.6. The molecule has 0 saturated heterocycles. The normalized spacial score (nSPS) is 18.3. The molecular formula is C24H34FN3O4S. The summed E-state index contributed by atoms with van der Waals surface area (Å²) in [6.07, 6.45) is 10.1. The van der Waals surface area contributed by atoms with Crippen molar-refractivity contribution in [3.8, 4) is 0 Å². The third kappa shape index (κ3) is 8.53. The van der Waals surface area contributed by atoms with Crippen LogP contribution in [0.25, 0.3) is 0 Å². The van der Waals surface area contributed by atoms with E-state index in [2.05, 4.69) is 10.6 Å². The molecule has 0 radical (unpaired) electrons. The van der Waals surface area contributed by atoms with Gasteiger partial charge in [0.25, 0.3) is 0 Å². The lowest BCUT2D eigenvalue weighted by atomic mass is 9.94. The van der Waals surface area contributed by atoms with E-state index in [0.29, 0.717) is 5.69 Å². The van der Waals surface area contributed by atoms with Crippen molar-refractivity contribution in [3.63, 3.8) is 0 Å². The highest BCUT2D eigenvalue weighted by Gasteiger charge is 2.29. The molecule has 33 heavy (non-hydrogen) atoms. The van der Waals surface area contributed by atoms with E-state index in [1.807, 2.05) is 0 Å². The van der Waals surface area contributed by atoms with Gasteiger partial charge in [-0.3, -0.25) is 18.6 Å². The summed E-state index contributed by atoms with van der Waals surface area (Å²) >= 11 is 0. The van der Waals surface area contributed by atoms with E-state index < -0.39 is 22.5 Å². The molecule has 3 rings (SSSR count). The predicted molar refractivity (Wildman–Crippen MR) is 127 cm³/mol. The molecule has 0 unspecified atom stereocenters. The van der Waals surface area contributed by atoms with Crippen LogP contribution in [-0.4, -0.2) is 57.0 Å².